The number of hydrogen-bond donors (Lipinski definition) is 0. The first-order valence-corrected chi connectivity index (χ1v) is 5.48. The van der Waals surface area contributed by atoms with Gasteiger partial charge >= 0.3 is 0 Å². The Morgan fingerprint density at radius 3 is 1.72 bits per heavy atom. The monoisotopic (exact) mass is 264 g/mol. The number of carbonyl (C=O) groups excluding carboxylic acids is 1. The maximum absolute atomic E-state index is 13.3. The molecule has 1 fully saturated rings. The highest BCUT2D eigenvalue weighted by Crippen LogP contribution is 2.32. The molecule has 0 radical (unpaired) electrons. The molecule has 1 aromatic rings. The molecule has 1 aliphatic carbocycles. The third kappa shape index (κ3) is 2.00. The van der Waals surface area contributed by atoms with Gasteiger partial charge in [0.1, 0.15) is 0 Å². The first-order chi connectivity index (χ1) is 8.43. The van der Waals surface area contributed by atoms with Crippen molar-refractivity contribution in [3.63, 3.8) is 0 Å². The van der Waals surface area contributed by atoms with Crippen LogP contribution in [0.1, 0.15) is 36.0 Å². The van der Waals surface area contributed by atoms with E-state index in [1.54, 1.807) is 0 Å². The van der Waals surface area contributed by atoms with Gasteiger partial charge in [0.2, 0.25) is 5.82 Å². The molecule has 1 aromatic carbocycles. The molecule has 0 N–H and O–H groups in total. The number of hydrogen-bond acceptors (Lipinski definition) is 1. The van der Waals surface area contributed by atoms with Gasteiger partial charge in [0.15, 0.2) is 29.1 Å². The highest BCUT2D eigenvalue weighted by Gasteiger charge is 2.31. The van der Waals surface area contributed by atoms with Crippen molar-refractivity contribution in [3.05, 3.63) is 34.6 Å². The molecule has 98 valence electrons. The molecule has 0 bridgehead atoms. The van der Waals surface area contributed by atoms with Crippen LogP contribution in [0.2, 0.25) is 0 Å². The SMILES string of the molecule is O=C(CC1CCC1)c1c(F)c(F)c(F)c(F)c1F. The number of ketones is 1. The highest BCUT2D eigenvalue weighted by molar-refractivity contribution is 5.96. The maximum Gasteiger partial charge on any atom is 0.200 e. The van der Waals surface area contributed by atoms with Crippen LogP contribution in [0.5, 0.6) is 0 Å². The fourth-order valence-corrected chi connectivity index (χ4v) is 1.91. The number of halogens is 5. The predicted molar refractivity (Wildman–Crippen MR) is 52.5 cm³/mol. The topological polar surface area (TPSA) is 17.1 Å². The minimum absolute atomic E-state index is 0.0209. The van der Waals surface area contributed by atoms with Crippen molar-refractivity contribution in [1.29, 1.82) is 0 Å². The van der Waals surface area contributed by atoms with Gasteiger partial charge in [-0.25, -0.2) is 22.0 Å². The normalized spacial score (nSPS) is 15.6. The van der Waals surface area contributed by atoms with E-state index in [-0.39, 0.29) is 12.3 Å². The van der Waals surface area contributed by atoms with Gasteiger partial charge in [-0.15, -0.1) is 0 Å². The molecule has 2 rings (SSSR count). The van der Waals surface area contributed by atoms with E-state index < -0.39 is 40.4 Å². The minimum atomic E-state index is -2.25. The van der Waals surface area contributed by atoms with Crippen LogP contribution in [-0.2, 0) is 0 Å². The molecule has 1 saturated carbocycles. The van der Waals surface area contributed by atoms with Gasteiger partial charge in [-0.05, 0) is 5.92 Å². The van der Waals surface area contributed by atoms with Crippen molar-refractivity contribution >= 4 is 5.78 Å². The van der Waals surface area contributed by atoms with E-state index in [0.717, 1.165) is 19.3 Å². The highest BCUT2D eigenvalue weighted by atomic mass is 19.2. The van der Waals surface area contributed by atoms with Gasteiger partial charge in [-0.1, -0.05) is 19.3 Å². The van der Waals surface area contributed by atoms with Crippen LogP contribution >= 0.6 is 0 Å². The Morgan fingerprint density at radius 1 is 0.889 bits per heavy atom. The second kappa shape index (κ2) is 4.66. The van der Waals surface area contributed by atoms with E-state index in [2.05, 4.69) is 0 Å². The van der Waals surface area contributed by atoms with Crippen LogP contribution in [0.4, 0.5) is 22.0 Å². The van der Waals surface area contributed by atoms with Crippen LogP contribution < -0.4 is 0 Å². The van der Waals surface area contributed by atoms with E-state index >= 15 is 0 Å². The Kier molecular flexibility index (Phi) is 3.36. The van der Waals surface area contributed by atoms with Crippen molar-refractivity contribution in [1.82, 2.24) is 0 Å². The lowest BCUT2D eigenvalue weighted by molar-refractivity contribution is 0.0925. The molecule has 1 nitrogen and oxygen atoms in total. The molecular formula is C12H9F5O. The molecule has 0 aliphatic heterocycles. The smallest absolute Gasteiger partial charge is 0.200 e. The van der Waals surface area contributed by atoms with Gasteiger partial charge in [0, 0.05) is 6.42 Å². The van der Waals surface area contributed by atoms with Crippen molar-refractivity contribution in [2.45, 2.75) is 25.7 Å². The van der Waals surface area contributed by atoms with E-state index in [4.69, 9.17) is 0 Å². The summed E-state index contributed by atoms with van der Waals surface area (Å²) in [5.41, 5.74) is -1.32. The van der Waals surface area contributed by atoms with E-state index in [9.17, 15) is 26.7 Å². The van der Waals surface area contributed by atoms with E-state index in [1.165, 1.54) is 0 Å². The van der Waals surface area contributed by atoms with Gasteiger partial charge in [0.05, 0.1) is 5.56 Å². The molecule has 18 heavy (non-hydrogen) atoms. The van der Waals surface area contributed by atoms with Gasteiger partial charge in [-0.3, -0.25) is 4.79 Å². The molecule has 0 saturated heterocycles. The van der Waals surface area contributed by atoms with Crippen molar-refractivity contribution < 1.29 is 26.7 Å². The lowest BCUT2D eigenvalue weighted by Crippen LogP contribution is -2.19. The summed E-state index contributed by atoms with van der Waals surface area (Å²) in [4.78, 5) is 11.6. The first-order valence-electron chi connectivity index (χ1n) is 5.48. The summed E-state index contributed by atoms with van der Waals surface area (Å²) in [6, 6.07) is 0. The van der Waals surface area contributed by atoms with Crippen molar-refractivity contribution in [2.75, 3.05) is 0 Å². The third-order valence-electron chi connectivity index (χ3n) is 3.19. The predicted octanol–water partition coefficient (Wildman–Crippen LogP) is 3.76. The molecule has 0 heterocycles. The van der Waals surface area contributed by atoms with Crippen LogP contribution in [0.3, 0.4) is 0 Å². The average molecular weight is 264 g/mol. The summed E-state index contributed by atoms with van der Waals surface area (Å²) in [6.07, 6.45) is 2.20. The Hall–Kier alpha value is -1.46. The van der Waals surface area contributed by atoms with Gasteiger partial charge in [-0.2, -0.15) is 0 Å². The quantitative estimate of drug-likeness (QED) is 0.351. The fraction of sp³-hybridized carbons (Fsp3) is 0.417. The van der Waals surface area contributed by atoms with Crippen molar-refractivity contribution in [2.24, 2.45) is 5.92 Å². The average Bonchev–Trinajstić information content (AvgIpc) is 2.29. The zero-order valence-electron chi connectivity index (χ0n) is 9.20. The largest absolute Gasteiger partial charge is 0.294 e. The number of benzene rings is 1. The summed E-state index contributed by atoms with van der Waals surface area (Å²) < 4.78 is 65.1. The summed E-state index contributed by atoms with van der Waals surface area (Å²) in [7, 11) is 0. The molecule has 0 atom stereocenters. The zero-order valence-corrected chi connectivity index (χ0v) is 9.20. The van der Waals surface area contributed by atoms with Crippen LogP contribution in [0.25, 0.3) is 0 Å². The molecular weight excluding hydrogens is 255 g/mol. The number of Topliss-reactive ketones (excluding diaryl/α,β-unsaturated/α-hetero) is 1. The molecule has 6 heteroatoms. The van der Waals surface area contributed by atoms with Gasteiger partial charge < -0.3 is 0 Å². The summed E-state index contributed by atoms with van der Waals surface area (Å²) in [6.45, 7) is 0. The minimum Gasteiger partial charge on any atom is -0.294 e. The number of carbonyl (C=O) groups is 1. The number of rotatable bonds is 3. The molecule has 0 unspecified atom stereocenters. The fourth-order valence-electron chi connectivity index (χ4n) is 1.91. The summed E-state index contributed by atoms with van der Waals surface area (Å²) in [5.74, 6) is -11.5. The molecule has 1 aliphatic rings. The Bertz CT molecular complexity index is 479. The maximum atomic E-state index is 13.3. The Labute approximate surface area is 99.6 Å². The van der Waals surface area contributed by atoms with E-state index in [0.29, 0.717) is 0 Å². The third-order valence-corrected chi connectivity index (χ3v) is 3.19. The molecule has 0 aromatic heterocycles. The second-order valence-electron chi connectivity index (χ2n) is 4.37. The van der Waals surface area contributed by atoms with Crippen LogP contribution in [0, 0.1) is 35.0 Å². The Balaban J connectivity index is 2.40. The lowest BCUT2D eigenvalue weighted by atomic mass is 9.81. The molecule has 0 amide bonds. The zero-order chi connectivity index (χ0) is 13.4. The summed E-state index contributed by atoms with van der Waals surface area (Å²) >= 11 is 0. The summed E-state index contributed by atoms with van der Waals surface area (Å²) in [5, 5.41) is 0. The lowest BCUT2D eigenvalue weighted by Gasteiger charge is -2.24. The van der Waals surface area contributed by atoms with E-state index in [1.807, 2.05) is 0 Å². The van der Waals surface area contributed by atoms with Crippen LogP contribution in [0.15, 0.2) is 0 Å². The van der Waals surface area contributed by atoms with Crippen LogP contribution in [-0.4, -0.2) is 5.78 Å². The van der Waals surface area contributed by atoms with Crippen molar-refractivity contribution in [3.8, 4) is 0 Å². The standard InChI is InChI=1S/C12H9F5O/c13-8-7(6(18)4-5-2-1-3-5)9(14)11(16)12(17)10(8)15/h5H,1-4H2. The second-order valence-corrected chi connectivity index (χ2v) is 4.37. The Morgan fingerprint density at radius 2 is 1.33 bits per heavy atom. The van der Waals surface area contributed by atoms with Gasteiger partial charge in [0.25, 0.3) is 0 Å². The first kappa shape index (κ1) is 13.0. The molecule has 0 spiro atoms.